The Kier molecular flexibility index (Phi) is 6.27. The number of pyridine rings is 1. The van der Waals surface area contributed by atoms with Crippen LogP contribution in [-0.4, -0.2) is 44.8 Å². The van der Waals surface area contributed by atoms with Gasteiger partial charge in [0.25, 0.3) is 16.1 Å². The van der Waals surface area contributed by atoms with Crippen LogP contribution in [0.15, 0.2) is 42.7 Å². The number of alkyl halides is 3. The molecule has 1 saturated heterocycles. The fourth-order valence-electron chi connectivity index (χ4n) is 3.14. The van der Waals surface area contributed by atoms with Crippen molar-refractivity contribution in [3.63, 3.8) is 0 Å². The van der Waals surface area contributed by atoms with E-state index in [1.807, 2.05) is 0 Å². The standard InChI is InChI=1S/C18H18F3N5O5S/c1-10(13-7-8-23-9-14(13)25-32(29,30)22-2)15-16(27)26(17(28)24-15)11-3-5-12(6-4-11)31-18(19,20)21/h3-10,15,22,25H,1-2H3,(H,24,28). The Balaban J connectivity index is 1.84. The Morgan fingerprint density at radius 1 is 1.19 bits per heavy atom. The van der Waals surface area contributed by atoms with Gasteiger partial charge in [-0.15, -0.1) is 13.2 Å². The van der Waals surface area contributed by atoms with E-state index in [-0.39, 0.29) is 11.4 Å². The number of hydrogen-bond acceptors (Lipinski definition) is 6. The zero-order valence-corrected chi connectivity index (χ0v) is 17.5. The maximum atomic E-state index is 13.0. The predicted octanol–water partition coefficient (Wildman–Crippen LogP) is 2.08. The van der Waals surface area contributed by atoms with Crippen molar-refractivity contribution in [2.75, 3.05) is 16.7 Å². The number of nitrogens with zero attached hydrogens (tertiary/aromatic N) is 2. The van der Waals surface area contributed by atoms with Gasteiger partial charge >= 0.3 is 12.4 Å². The second-order valence-corrected chi connectivity index (χ2v) is 8.32. The first-order valence-corrected chi connectivity index (χ1v) is 10.6. The summed E-state index contributed by atoms with van der Waals surface area (Å²) in [4.78, 5) is 30.1. The van der Waals surface area contributed by atoms with Crippen LogP contribution in [0.25, 0.3) is 0 Å². The van der Waals surface area contributed by atoms with Gasteiger partial charge in [-0.2, -0.15) is 8.42 Å². The number of aromatic nitrogens is 1. The molecule has 32 heavy (non-hydrogen) atoms. The van der Waals surface area contributed by atoms with Crippen LogP contribution < -0.4 is 24.4 Å². The molecule has 14 heteroatoms. The third-order valence-corrected chi connectivity index (χ3v) is 5.68. The van der Waals surface area contributed by atoms with Crippen LogP contribution in [0, 0.1) is 0 Å². The summed E-state index contributed by atoms with van der Waals surface area (Å²) in [5.74, 6) is -1.84. The lowest BCUT2D eigenvalue weighted by Gasteiger charge is -2.21. The maximum Gasteiger partial charge on any atom is 0.573 e. The van der Waals surface area contributed by atoms with E-state index in [1.54, 1.807) is 6.92 Å². The largest absolute Gasteiger partial charge is 0.573 e. The van der Waals surface area contributed by atoms with E-state index in [0.29, 0.717) is 5.56 Å². The fraction of sp³-hybridized carbons (Fsp3) is 0.278. The van der Waals surface area contributed by atoms with Crippen LogP contribution in [0.1, 0.15) is 18.4 Å². The Morgan fingerprint density at radius 2 is 1.84 bits per heavy atom. The van der Waals surface area contributed by atoms with Crippen LogP contribution in [-0.2, 0) is 15.0 Å². The number of benzene rings is 1. The molecule has 1 aromatic carbocycles. The first-order chi connectivity index (χ1) is 14.9. The highest BCUT2D eigenvalue weighted by Crippen LogP contribution is 2.32. The van der Waals surface area contributed by atoms with E-state index in [2.05, 4.69) is 24.5 Å². The third-order valence-electron chi connectivity index (χ3n) is 4.66. The molecular formula is C18H18F3N5O5S. The molecule has 172 valence electrons. The fourth-order valence-corrected chi connectivity index (χ4v) is 3.70. The number of amides is 3. The highest BCUT2D eigenvalue weighted by Gasteiger charge is 2.43. The molecule has 3 rings (SSSR count). The topological polar surface area (TPSA) is 130 Å². The molecule has 0 bridgehead atoms. The minimum atomic E-state index is -4.88. The lowest BCUT2D eigenvalue weighted by molar-refractivity contribution is -0.274. The van der Waals surface area contributed by atoms with Crippen LogP contribution in [0.3, 0.4) is 0 Å². The number of ether oxygens (including phenoxy) is 1. The highest BCUT2D eigenvalue weighted by molar-refractivity contribution is 7.90. The van der Waals surface area contributed by atoms with Gasteiger partial charge in [-0.1, -0.05) is 6.92 Å². The van der Waals surface area contributed by atoms with Crippen molar-refractivity contribution in [1.82, 2.24) is 15.0 Å². The SMILES string of the molecule is CNS(=O)(=O)Nc1cnccc1C(C)C1NC(=O)N(c2ccc(OC(F)(F)F)cc2)C1=O. The summed E-state index contributed by atoms with van der Waals surface area (Å²) in [6.45, 7) is 1.61. The van der Waals surface area contributed by atoms with Gasteiger partial charge in [-0.3, -0.25) is 14.5 Å². The molecule has 0 saturated carbocycles. The molecule has 1 aromatic heterocycles. The molecule has 0 aliphatic carbocycles. The number of urea groups is 1. The molecule has 0 spiro atoms. The van der Waals surface area contributed by atoms with Gasteiger partial charge in [0.15, 0.2) is 0 Å². The molecule has 1 aliphatic heterocycles. The van der Waals surface area contributed by atoms with Gasteiger partial charge in [0.2, 0.25) is 0 Å². The Hall–Kier alpha value is -3.39. The van der Waals surface area contributed by atoms with E-state index in [0.717, 1.165) is 29.2 Å². The van der Waals surface area contributed by atoms with Crippen molar-refractivity contribution in [3.05, 3.63) is 48.3 Å². The molecule has 3 N–H and O–H groups in total. The molecule has 1 fully saturated rings. The van der Waals surface area contributed by atoms with Crippen LogP contribution in [0.5, 0.6) is 5.75 Å². The van der Waals surface area contributed by atoms with Gasteiger partial charge in [-0.25, -0.2) is 14.4 Å². The van der Waals surface area contributed by atoms with Gasteiger partial charge in [-0.05, 0) is 35.9 Å². The number of rotatable bonds is 7. The summed E-state index contributed by atoms with van der Waals surface area (Å²) >= 11 is 0. The molecule has 0 radical (unpaired) electrons. The predicted molar refractivity (Wildman–Crippen MR) is 107 cm³/mol. The second-order valence-electron chi connectivity index (χ2n) is 6.70. The zero-order valence-electron chi connectivity index (χ0n) is 16.7. The van der Waals surface area contributed by atoms with Crippen LogP contribution >= 0.6 is 0 Å². The summed E-state index contributed by atoms with van der Waals surface area (Å²) in [6.07, 6.45) is -2.21. The van der Waals surface area contributed by atoms with E-state index < -0.39 is 46.2 Å². The molecule has 2 aromatic rings. The van der Waals surface area contributed by atoms with Gasteiger partial charge in [0.1, 0.15) is 11.8 Å². The van der Waals surface area contributed by atoms with Crippen molar-refractivity contribution < 1.29 is 35.9 Å². The van der Waals surface area contributed by atoms with E-state index in [4.69, 9.17) is 0 Å². The summed E-state index contributed by atoms with van der Waals surface area (Å²) in [5.41, 5.74) is 0.555. The van der Waals surface area contributed by atoms with Crippen LogP contribution in [0.2, 0.25) is 0 Å². The zero-order chi connectivity index (χ0) is 23.7. The van der Waals surface area contributed by atoms with Crippen molar-refractivity contribution in [3.8, 4) is 5.75 Å². The third kappa shape index (κ3) is 5.08. The normalized spacial score (nSPS) is 17.8. The molecule has 10 nitrogen and oxygen atoms in total. The Bertz CT molecular complexity index is 1120. The quantitative estimate of drug-likeness (QED) is 0.528. The molecule has 2 atom stereocenters. The van der Waals surface area contributed by atoms with Crippen molar-refractivity contribution in [2.45, 2.75) is 25.2 Å². The number of carbonyl (C=O) groups excluding carboxylic acids is 2. The highest BCUT2D eigenvalue weighted by atomic mass is 32.2. The monoisotopic (exact) mass is 473 g/mol. The Morgan fingerprint density at radius 3 is 2.44 bits per heavy atom. The summed E-state index contributed by atoms with van der Waals surface area (Å²) < 4.78 is 68.9. The average Bonchev–Trinajstić information content (AvgIpc) is 3.01. The number of imide groups is 1. The first kappa shape index (κ1) is 23.3. The van der Waals surface area contributed by atoms with Gasteiger partial charge in [0, 0.05) is 19.2 Å². The second kappa shape index (κ2) is 8.63. The summed E-state index contributed by atoms with van der Waals surface area (Å²) in [5, 5.41) is 2.52. The minimum Gasteiger partial charge on any atom is -0.406 e. The number of hydrogen-bond donors (Lipinski definition) is 3. The van der Waals surface area contributed by atoms with Gasteiger partial charge in [0.05, 0.1) is 17.6 Å². The molecule has 1 aliphatic rings. The lowest BCUT2D eigenvalue weighted by Crippen LogP contribution is -2.35. The van der Waals surface area contributed by atoms with E-state index in [1.165, 1.54) is 25.5 Å². The number of anilines is 2. The van der Waals surface area contributed by atoms with Crippen molar-refractivity contribution in [1.29, 1.82) is 0 Å². The van der Waals surface area contributed by atoms with Crippen LogP contribution in [0.4, 0.5) is 29.3 Å². The smallest absolute Gasteiger partial charge is 0.406 e. The molecule has 3 amide bonds. The minimum absolute atomic E-state index is 0.0440. The van der Waals surface area contributed by atoms with Gasteiger partial charge < -0.3 is 10.1 Å². The van der Waals surface area contributed by atoms with E-state index in [9.17, 15) is 31.2 Å². The number of halogens is 3. The molecule has 2 heterocycles. The molecular weight excluding hydrogens is 455 g/mol. The lowest BCUT2D eigenvalue weighted by atomic mass is 9.93. The molecule has 2 unspecified atom stereocenters. The average molecular weight is 473 g/mol. The van der Waals surface area contributed by atoms with Crippen molar-refractivity contribution >= 4 is 33.5 Å². The summed E-state index contributed by atoms with van der Waals surface area (Å²) in [7, 11) is -2.65. The maximum absolute atomic E-state index is 13.0. The number of nitrogens with one attached hydrogen (secondary N) is 3. The Labute approximate surface area is 180 Å². The number of carbonyl (C=O) groups is 2. The first-order valence-electron chi connectivity index (χ1n) is 9.07. The van der Waals surface area contributed by atoms with Crippen molar-refractivity contribution in [2.24, 2.45) is 0 Å². The van der Waals surface area contributed by atoms with E-state index >= 15 is 0 Å². The summed E-state index contributed by atoms with van der Waals surface area (Å²) in [6, 6.07) is 3.91.